The molecule has 1 unspecified atom stereocenters. The van der Waals surface area contributed by atoms with Gasteiger partial charge in [0, 0.05) is 12.7 Å². The van der Waals surface area contributed by atoms with E-state index in [4.69, 9.17) is 4.74 Å². The van der Waals surface area contributed by atoms with E-state index in [9.17, 15) is 14.4 Å². The molecule has 0 radical (unpaired) electrons. The zero-order chi connectivity index (χ0) is 22.4. The average molecular weight is 406 g/mol. The first-order valence-corrected chi connectivity index (χ1v) is 9.95. The third kappa shape index (κ3) is 7.75. The molecule has 0 saturated heterocycles. The van der Waals surface area contributed by atoms with Gasteiger partial charge in [0.2, 0.25) is 11.8 Å². The lowest BCUT2D eigenvalue weighted by atomic mass is 9.99. The van der Waals surface area contributed by atoms with Crippen LogP contribution in [-0.4, -0.2) is 47.5 Å². The quantitative estimate of drug-likeness (QED) is 0.725. The Bertz CT molecular complexity index is 696. The van der Waals surface area contributed by atoms with Crippen LogP contribution in [0.3, 0.4) is 0 Å². The Morgan fingerprint density at radius 1 is 0.931 bits per heavy atom. The van der Waals surface area contributed by atoms with Crippen LogP contribution in [0, 0.1) is 11.8 Å². The number of para-hydroxylation sites is 1. The lowest BCUT2D eigenvalue weighted by Crippen LogP contribution is -2.56. The molecular formula is C22H35N3O4. The number of benzene rings is 1. The predicted octanol–water partition coefficient (Wildman–Crippen LogP) is 3.66. The molecule has 0 saturated carbocycles. The molecule has 29 heavy (non-hydrogen) atoms. The first-order chi connectivity index (χ1) is 13.3. The molecule has 0 bridgehead atoms. The van der Waals surface area contributed by atoms with Crippen LogP contribution in [0.1, 0.15) is 48.5 Å². The highest BCUT2D eigenvalue weighted by molar-refractivity contribution is 5.98. The minimum atomic E-state index is -0.768. The fourth-order valence-corrected chi connectivity index (χ4v) is 2.89. The van der Waals surface area contributed by atoms with E-state index in [2.05, 4.69) is 10.6 Å². The Labute approximate surface area is 174 Å². The van der Waals surface area contributed by atoms with E-state index >= 15 is 0 Å². The Hall–Kier alpha value is -2.57. The Balaban J connectivity index is 2.94. The normalized spacial score (nSPS) is 13.6. The minimum Gasteiger partial charge on any atom is -0.444 e. The molecule has 0 fully saturated rings. The van der Waals surface area contributed by atoms with Gasteiger partial charge in [0.1, 0.15) is 17.7 Å². The molecule has 7 heteroatoms. The van der Waals surface area contributed by atoms with Gasteiger partial charge in [0.25, 0.3) is 0 Å². The molecule has 2 atom stereocenters. The van der Waals surface area contributed by atoms with Crippen LogP contribution in [0.25, 0.3) is 0 Å². The summed E-state index contributed by atoms with van der Waals surface area (Å²) in [6.07, 6.45) is -0.582. The van der Waals surface area contributed by atoms with Crippen LogP contribution in [0.4, 0.5) is 10.5 Å². The molecule has 0 aromatic heterocycles. The SMILES string of the molecule is CC(C)C(C(=O)N[C@H](C(=O)Nc1ccccc1)C(C)C)N(C)C(=O)OC(C)(C)C. The van der Waals surface area contributed by atoms with Crippen molar-refractivity contribution in [1.29, 1.82) is 0 Å². The molecule has 2 N–H and O–H groups in total. The number of anilines is 1. The van der Waals surface area contributed by atoms with Crippen molar-refractivity contribution in [2.45, 2.75) is 66.2 Å². The van der Waals surface area contributed by atoms with Crippen LogP contribution in [0.5, 0.6) is 0 Å². The van der Waals surface area contributed by atoms with Crippen molar-refractivity contribution in [3.63, 3.8) is 0 Å². The molecule has 3 amide bonds. The standard InChI is InChI=1S/C22H35N3O4/c1-14(2)17(19(26)23-16-12-10-9-11-13-16)24-20(27)18(15(3)4)25(8)21(28)29-22(5,6)7/h9-15,17-18H,1-8H3,(H,23,26)(H,24,27)/t17-,18?/m0/s1. The zero-order valence-corrected chi connectivity index (χ0v) is 18.8. The highest BCUT2D eigenvalue weighted by atomic mass is 16.6. The van der Waals surface area contributed by atoms with Crippen molar-refractivity contribution in [1.82, 2.24) is 10.2 Å². The number of hydrogen-bond donors (Lipinski definition) is 2. The van der Waals surface area contributed by atoms with E-state index in [1.807, 2.05) is 45.9 Å². The highest BCUT2D eigenvalue weighted by Gasteiger charge is 2.35. The third-order valence-electron chi connectivity index (χ3n) is 4.29. The summed E-state index contributed by atoms with van der Waals surface area (Å²) in [5.74, 6) is -1.00. The first kappa shape index (κ1) is 24.5. The van der Waals surface area contributed by atoms with E-state index in [1.54, 1.807) is 32.9 Å². The molecule has 0 spiro atoms. The van der Waals surface area contributed by atoms with Crippen molar-refractivity contribution in [3.05, 3.63) is 30.3 Å². The zero-order valence-electron chi connectivity index (χ0n) is 18.8. The second kappa shape index (κ2) is 10.3. The largest absolute Gasteiger partial charge is 0.444 e. The fourth-order valence-electron chi connectivity index (χ4n) is 2.89. The summed E-state index contributed by atoms with van der Waals surface area (Å²) >= 11 is 0. The van der Waals surface area contributed by atoms with Gasteiger partial charge < -0.3 is 15.4 Å². The average Bonchev–Trinajstić information content (AvgIpc) is 2.58. The lowest BCUT2D eigenvalue weighted by Gasteiger charge is -2.33. The maximum atomic E-state index is 13.0. The van der Waals surface area contributed by atoms with Crippen LogP contribution in [0.2, 0.25) is 0 Å². The van der Waals surface area contributed by atoms with Gasteiger partial charge in [-0.3, -0.25) is 14.5 Å². The van der Waals surface area contributed by atoms with Gasteiger partial charge >= 0.3 is 6.09 Å². The number of hydrogen-bond acceptors (Lipinski definition) is 4. The smallest absolute Gasteiger partial charge is 0.410 e. The van der Waals surface area contributed by atoms with Crippen LogP contribution in [-0.2, 0) is 14.3 Å². The predicted molar refractivity (Wildman–Crippen MR) is 114 cm³/mol. The summed E-state index contributed by atoms with van der Waals surface area (Å²) in [6, 6.07) is 7.56. The van der Waals surface area contributed by atoms with Crippen molar-refractivity contribution >= 4 is 23.6 Å². The van der Waals surface area contributed by atoms with E-state index in [-0.39, 0.29) is 17.7 Å². The molecule has 1 aromatic carbocycles. The molecule has 162 valence electrons. The monoisotopic (exact) mass is 405 g/mol. The van der Waals surface area contributed by atoms with Gasteiger partial charge in [-0.1, -0.05) is 45.9 Å². The number of carbonyl (C=O) groups is 3. The number of carbonyl (C=O) groups excluding carboxylic acids is 3. The minimum absolute atomic E-state index is 0.137. The fraction of sp³-hybridized carbons (Fsp3) is 0.591. The molecule has 0 aliphatic heterocycles. The maximum absolute atomic E-state index is 13.0. The number of rotatable bonds is 7. The van der Waals surface area contributed by atoms with Crippen molar-refractivity contribution in [2.75, 3.05) is 12.4 Å². The van der Waals surface area contributed by atoms with E-state index < -0.39 is 29.7 Å². The molecule has 0 aliphatic carbocycles. The van der Waals surface area contributed by atoms with E-state index in [0.717, 1.165) is 0 Å². The summed E-state index contributed by atoms with van der Waals surface area (Å²) in [6.45, 7) is 12.7. The maximum Gasteiger partial charge on any atom is 0.410 e. The summed E-state index contributed by atoms with van der Waals surface area (Å²) in [4.78, 5) is 39.5. The number of amides is 3. The van der Waals surface area contributed by atoms with Gasteiger partial charge in [-0.15, -0.1) is 0 Å². The number of nitrogens with one attached hydrogen (secondary N) is 2. The van der Waals surface area contributed by atoms with Crippen molar-refractivity contribution < 1.29 is 19.1 Å². The Kier molecular flexibility index (Phi) is 8.67. The molecule has 7 nitrogen and oxygen atoms in total. The summed E-state index contributed by atoms with van der Waals surface area (Å²) in [5, 5.41) is 5.64. The summed E-state index contributed by atoms with van der Waals surface area (Å²) in [7, 11) is 1.53. The summed E-state index contributed by atoms with van der Waals surface area (Å²) in [5.41, 5.74) is -0.0111. The second-order valence-corrected chi connectivity index (χ2v) is 8.87. The molecule has 1 rings (SSSR count). The topological polar surface area (TPSA) is 87.7 Å². The second-order valence-electron chi connectivity index (χ2n) is 8.87. The van der Waals surface area contributed by atoms with Crippen LogP contribution >= 0.6 is 0 Å². The van der Waals surface area contributed by atoms with Gasteiger partial charge in [0.05, 0.1) is 0 Å². The Morgan fingerprint density at radius 3 is 1.93 bits per heavy atom. The van der Waals surface area contributed by atoms with Gasteiger partial charge in [-0.25, -0.2) is 4.79 Å². The van der Waals surface area contributed by atoms with Gasteiger partial charge in [-0.2, -0.15) is 0 Å². The highest BCUT2D eigenvalue weighted by Crippen LogP contribution is 2.16. The van der Waals surface area contributed by atoms with Crippen molar-refractivity contribution in [3.8, 4) is 0 Å². The lowest BCUT2D eigenvalue weighted by molar-refractivity contribution is -0.131. The van der Waals surface area contributed by atoms with Crippen molar-refractivity contribution in [2.24, 2.45) is 11.8 Å². The number of nitrogens with zero attached hydrogens (tertiary/aromatic N) is 1. The molecule has 1 aromatic rings. The number of ether oxygens (including phenoxy) is 1. The summed E-state index contributed by atoms with van der Waals surface area (Å²) < 4.78 is 5.39. The van der Waals surface area contributed by atoms with Crippen LogP contribution < -0.4 is 10.6 Å². The van der Waals surface area contributed by atoms with Gasteiger partial charge in [-0.05, 0) is 44.7 Å². The third-order valence-corrected chi connectivity index (χ3v) is 4.29. The first-order valence-electron chi connectivity index (χ1n) is 9.95. The molecular weight excluding hydrogens is 370 g/mol. The van der Waals surface area contributed by atoms with Crippen LogP contribution in [0.15, 0.2) is 30.3 Å². The Morgan fingerprint density at radius 2 is 1.48 bits per heavy atom. The molecule has 0 aliphatic rings. The van der Waals surface area contributed by atoms with Gasteiger partial charge in [0.15, 0.2) is 0 Å². The molecule has 0 heterocycles. The number of likely N-dealkylation sites (N-methyl/N-ethyl adjacent to an activating group) is 1. The van der Waals surface area contributed by atoms with E-state index in [1.165, 1.54) is 11.9 Å². The van der Waals surface area contributed by atoms with E-state index in [0.29, 0.717) is 5.69 Å².